The highest BCUT2D eigenvalue weighted by Crippen LogP contribution is 2.45. The lowest BCUT2D eigenvalue weighted by Gasteiger charge is -2.33. The lowest BCUT2D eigenvalue weighted by Crippen LogP contribution is -2.41. The minimum atomic E-state index is -0.797. The van der Waals surface area contributed by atoms with Gasteiger partial charge in [-0.15, -0.1) is 0 Å². The van der Waals surface area contributed by atoms with Gasteiger partial charge in [0.25, 0.3) is 0 Å². The van der Waals surface area contributed by atoms with Crippen molar-refractivity contribution in [2.24, 2.45) is 0 Å². The fourth-order valence-corrected chi connectivity index (χ4v) is 4.81. The molecule has 0 spiro atoms. The molecule has 2 N–H and O–H groups in total. The van der Waals surface area contributed by atoms with E-state index in [-0.39, 0.29) is 5.82 Å². The van der Waals surface area contributed by atoms with E-state index in [1.165, 1.54) is 5.56 Å². The van der Waals surface area contributed by atoms with Crippen LogP contribution in [0.3, 0.4) is 0 Å². The SMILES string of the molecule is CN(c1nc(-c2ccnc(Nc3ncc(F)cc3F)c2)nc2cncc(C3CC3)c12)C1CCNCC1. The van der Waals surface area contributed by atoms with Crippen molar-refractivity contribution in [2.45, 2.75) is 37.6 Å². The predicted molar refractivity (Wildman–Crippen MR) is 134 cm³/mol. The van der Waals surface area contributed by atoms with Crippen LogP contribution in [0.1, 0.15) is 37.2 Å². The van der Waals surface area contributed by atoms with E-state index in [9.17, 15) is 8.78 Å². The predicted octanol–water partition coefficient (Wildman–Crippen LogP) is 4.57. The number of rotatable bonds is 6. The molecular formula is C26H26F2N8. The van der Waals surface area contributed by atoms with Gasteiger partial charge in [-0.1, -0.05) is 0 Å². The minimum Gasteiger partial charge on any atom is -0.356 e. The van der Waals surface area contributed by atoms with Crippen LogP contribution < -0.4 is 15.5 Å². The van der Waals surface area contributed by atoms with E-state index >= 15 is 0 Å². The molecule has 0 radical (unpaired) electrons. The summed E-state index contributed by atoms with van der Waals surface area (Å²) in [7, 11) is 2.11. The number of hydrogen-bond acceptors (Lipinski definition) is 8. The first kappa shape index (κ1) is 22.7. The second kappa shape index (κ2) is 9.34. The average molecular weight is 489 g/mol. The van der Waals surface area contributed by atoms with Crippen LogP contribution in [0.2, 0.25) is 0 Å². The van der Waals surface area contributed by atoms with Gasteiger partial charge < -0.3 is 15.5 Å². The number of pyridine rings is 3. The Hall–Kier alpha value is -3.79. The van der Waals surface area contributed by atoms with E-state index in [1.807, 2.05) is 12.3 Å². The average Bonchev–Trinajstić information content (AvgIpc) is 3.75. The highest BCUT2D eigenvalue weighted by atomic mass is 19.1. The van der Waals surface area contributed by atoms with Gasteiger partial charge >= 0.3 is 0 Å². The first-order valence-electron chi connectivity index (χ1n) is 12.2. The van der Waals surface area contributed by atoms with E-state index in [0.29, 0.717) is 29.2 Å². The Morgan fingerprint density at radius 1 is 1.00 bits per heavy atom. The first-order chi connectivity index (χ1) is 17.6. The van der Waals surface area contributed by atoms with Crippen LogP contribution in [-0.2, 0) is 0 Å². The molecule has 8 nitrogen and oxygen atoms in total. The number of halogens is 2. The zero-order valence-corrected chi connectivity index (χ0v) is 19.9. The van der Waals surface area contributed by atoms with Crippen LogP contribution in [-0.4, -0.2) is 51.1 Å². The lowest BCUT2D eigenvalue weighted by molar-refractivity contribution is 0.442. The van der Waals surface area contributed by atoms with Gasteiger partial charge in [0.2, 0.25) is 0 Å². The van der Waals surface area contributed by atoms with Gasteiger partial charge in [0.1, 0.15) is 17.5 Å². The molecule has 5 heterocycles. The fraction of sp³-hybridized carbons (Fsp3) is 0.346. The maximum atomic E-state index is 14.1. The Bertz CT molecular complexity index is 1420. The standard InChI is InChI=1S/C26H26F2N8/c1-36(18-5-7-29-8-6-18)26-23-19(15-2-3-15)13-30-14-21(23)33-24(35-26)16-4-9-31-22(10-16)34-25-20(28)11-17(27)12-32-25/h4,9-15,18,29H,2-3,5-8H2,1H3,(H,31,32,34). The van der Waals surface area contributed by atoms with Crippen LogP contribution in [0, 0.1) is 11.6 Å². The Morgan fingerprint density at radius 2 is 1.83 bits per heavy atom. The first-order valence-corrected chi connectivity index (χ1v) is 12.2. The molecule has 1 saturated heterocycles. The zero-order chi connectivity index (χ0) is 24.6. The van der Waals surface area contributed by atoms with Crippen molar-refractivity contribution in [1.29, 1.82) is 0 Å². The van der Waals surface area contributed by atoms with E-state index in [0.717, 1.165) is 67.8 Å². The fourth-order valence-electron chi connectivity index (χ4n) is 4.81. The molecule has 2 fully saturated rings. The van der Waals surface area contributed by atoms with Gasteiger partial charge in [0.05, 0.1) is 17.9 Å². The van der Waals surface area contributed by atoms with Crippen molar-refractivity contribution in [3.05, 3.63) is 60.2 Å². The third-order valence-electron chi connectivity index (χ3n) is 6.90. The topological polar surface area (TPSA) is 91.8 Å². The second-order valence-electron chi connectivity index (χ2n) is 9.40. The van der Waals surface area contributed by atoms with Crippen molar-refractivity contribution >= 4 is 28.4 Å². The Balaban J connectivity index is 1.42. The molecule has 0 aromatic carbocycles. The summed E-state index contributed by atoms with van der Waals surface area (Å²) in [6.07, 6.45) is 10.7. The van der Waals surface area contributed by atoms with E-state index in [1.54, 1.807) is 18.5 Å². The summed E-state index contributed by atoms with van der Waals surface area (Å²) in [5, 5.41) is 7.32. The summed E-state index contributed by atoms with van der Waals surface area (Å²) in [4.78, 5) is 24.8. The number of fused-ring (bicyclic) bond motifs is 1. The Kier molecular flexibility index (Phi) is 5.88. The largest absolute Gasteiger partial charge is 0.356 e. The zero-order valence-electron chi connectivity index (χ0n) is 19.9. The highest BCUT2D eigenvalue weighted by Gasteiger charge is 2.30. The number of aromatic nitrogens is 5. The number of anilines is 3. The van der Waals surface area contributed by atoms with Crippen molar-refractivity contribution in [3.63, 3.8) is 0 Å². The quantitative estimate of drug-likeness (QED) is 0.408. The van der Waals surface area contributed by atoms with Crippen molar-refractivity contribution in [1.82, 2.24) is 30.2 Å². The maximum absolute atomic E-state index is 14.1. The van der Waals surface area contributed by atoms with Crippen LogP contribution in [0.5, 0.6) is 0 Å². The van der Waals surface area contributed by atoms with Crippen LogP contribution in [0.25, 0.3) is 22.3 Å². The molecule has 0 atom stereocenters. The molecule has 2 aliphatic rings. The molecule has 0 bridgehead atoms. The van der Waals surface area contributed by atoms with Crippen LogP contribution in [0.15, 0.2) is 43.0 Å². The van der Waals surface area contributed by atoms with Crippen molar-refractivity contribution in [3.8, 4) is 11.4 Å². The van der Waals surface area contributed by atoms with Crippen molar-refractivity contribution in [2.75, 3.05) is 30.4 Å². The number of nitrogens with zero attached hydrogens (tertiary/aromatic N) is 6. The number of hydrogen-bond donors (Lipinski definition) is 2. The molecule has 36 heavy (non-hydrogen) atoms. The van der Waals surface area contributed by atoms with Gasteiger partial charge in [-0.25, -0.2) is 28.7 Å². The molecule has 1 aliphatic carbocycles. The normalized spacial score (nSPS) is 16.3. The van der Waals surface area contributed by atoms with Crippen LogP contribution in [0.4, 0.5) is 26.2 Å². The van der Waals surface area contributed by atoms with Crippen molar-refractivity contribution < 1.29 is 8.78 Å². The maximum Gasteiger partial charge on any atom is 0.168 e. The summed E-state index contributed by atoms with van der Waals surface area (Å²) < 4.78 is 27.4. The molecule has 10 heteroatoms. The monoisotopic (exact) mass is 488 g/mol. The second-order valence-corrected chi connectivity index (χ2v) is 9.40. The molecule has 184 valence electrons. The minimum absolute atomic E-state index is 0.106. The summed E-state index contributed by atoms with van der Waals surface area (Å²) in [5.41, 5.74) is 2.73. The molecule has 4 aromatic rings. The molecule has 1 saturated carbocycles. The molecule has 0 unspecified atom stereocenters. The van der Waals surface area contributed by atoms with Gasteiger partial charge in [0.15, 0.2) is 17.5 Å². The van der Waals surface area contributed by atoms with Gasteiger partial charge in [-0.05, 0) is 62.4 Å². The third kappa shape index (κ3) is 4.44. The number of nitrogens with one attached hydrogen (secondary N) is 2. The smallest absolute Gasteiger partial charge is 0.168 e. The summed E-state index contributed by atoms with van der Waals surface area (Å²) in [6, 6.07) is 4.70. The summed E-state index contributed by atoms with van der Waals surface area (Å²) >= 11 is 0. The van der Waals surface area contributed by atoms with Crippen LogP contribution >= 0.6 is 0 Å². The molecular weight excluding hydrogens is 462 g/mol. The molecule has 0 amide bonds. The summed E-state index contributed by atoms with van der Waals surface area (Å²) in [5.74, 6) is 0.653. The van der Waals surface area contributed by atoms with Gasteiger partial charge in [-0.2, -0.15) is 0 Å². The van der Waals surface area contributed by atoms with E-state index in [2.05, 4.69) is 37.5 Å². The van der Waals surface area contributed by atoms with Gasteiger partial charge in [0, 0.05) is 42.5 Å². The molecule has 1 aliphatic heterocycles. The Morgan fingerprint density at radius 3 is 2.61 bits per heavy atom. The lowest BCUT2D eigenvalue weighted by atomic mass is 10.0. The molecule has 6 rings (SSSR count). The molecule has 4 aromatic heterocycles. The van der Waals surface area contributed by atoms with E-state index < -0.39 is 11.6 Å². The van der Waals surface area contributed by atoms with Gasteiger partial charge in [-0.3, -0.25) is 4.98 Å². The Labute approximate surface area is 207 Å². The number of piperidine rings is 1. The third-order valence-corrected chi connectivity index (χ3v) is 6.90. The highest BCUT2D eigenvalue weighted by molar-refractivity contribution is 5.94. The van der Waals surface area contributed by atoms with E-state index in [4.69, 9.17) is 9.97 Å². The summed E-state index contributed by atoms with van der Waals surface area (Å²) in [6.45, 7) is 1.96.